The summed E-state index contributed by atoms with van der Waals surface area (Å²) in [5.74, 6) is 0. The van der Waals surface area contributed by atoms with Crippen molar-refractivity contribution in [3.05, 3.63) is 18.2 Å². The molecule has 15 heavy (non-hydrogen) atoms. The predicted octanol–water partition coefficient (Wildman–Crippen LogP) is 2.18. The summed E-state index contributed by atoms with van der Waals surface area (Å²) in [6, 6.07) is 0. The van der Waals surface area contributed by atoms with Crippen molar-refractivity contribution in [3.63, 3.8) is 0 Å². The fraction of sp³-hybridized carbons (Fsp3) is 0.750. The van der Waals surface area contributed by atoms with Crippen molar-refractivity contribution in [2.24, 2.45) is 7.05 Å². The Kier molecular flexibility index (Phi) is 2.83. The van der Waals surface area contributed by atoms with Crippen LogP contribution in [0.15, 0.2) is 12.5 Å². The first-order chi connectivity index (χ1) is 7.12. The number of hydrogen-bond acceptors (Lipinski definition) is 2. The lowest BCUT2D eigenvalue weighted by Gasteiger charge is -2.35. The molecule has 1 heterocycles. The highest BCUT2D eigenvalue weighted by Crippen LogP contribution is 2.34. The van der Waals surface area contributed by atoms with Crippen molar-refractivity contribution in [1.82, 2.24) is 14.5 Å². The Labute approximate surface area is 92.1 Å². The topological polar surface area (TPSA) is 21.1 Å². The van der Waals surface area contributed by atoms with Crippen LogP contribution in [0.4, 0.5) is 0 Å². The van der Waals surface area contributed by atoms with Gasteiger partial charge in [0.1, 0.15) is 0 Å². The van der Waals surface area contributed by atoms with Crippen molar-refractivity contribution in [1.29, 1.82) is 0 Å². The van der Waals surface area contributed by atoms with Crippen molar-refractivity contribution in [2.45, 2.75) is 44.7 Å². The molecule has 1 saturated carbocycles. The van der Waals surface area contributed by atoms with Gasteiger partial charge >= 0.3 is 0 Å². The number of rotatable bonds is 3. The third-order valence-electron chi connectivity index (χ3n) is 3.92. The van der Waals surface area contributed by atoms with E-state index in [1.807, 2.05) is 12.5 Å². The summed E-state index contributed by atoms with van der Waals surface area (Å²) in [5.41, 5.74) is 1.70. The van der Waals surface area contributed by atoms with Gasteiger partial charge in [-0.25, -0.2) is 4.98 Å². The van der Waals surface area contributed by atoms with E-state index in [1.54, 1.807) is 0 Å². The van der Waals surface area contributed by atoms with Gasteiger partial charge in [0.25, 0.3) is 0 Å². The largest absolute Gasteiger partial charge is 0.337 e. The minimum atomic E-state index is 0.407. The van der Waals surface area contributed by atoms with Crippen LogP contribution in [0.25, 0.3) is 0 Å². The molecule has 1 aliphatic carbocycles. The van der Waals surface area contributed by atoms with E-state index in [0.717, 1.165) is 6.54 Å². The molecule has 0 bridgehead atoms. The highest BCUT2D eigenvalue weighted by Gasteiger charge is 2.32. The molecule has 1 aliphatic rings. The maximum Gasteiger partial charge on any atom is 0.0945 e. The van der Waals surface area contributed by atoms with E-state index in [1.165, 1.54) is 31.4 Å². The van der Waals surface area contributed by atoms with E-state index < -0.39 is 0 Å². The van der Waals surface area contributed by atoms with E-state index >= 15 is 0 Å². The minimum Gasteiger partial charge on any atom is -0.337 e. The van der Waals surface area contributed by atoms with Gasteiger partial charge in [-0.2, -0.15) is 0 Å². The van der Waals surface area contributed by atoms with E-state index in [0.29, 0.717) is 5.54 Å². The summed E-state index contributed by atoms with van der Waals surface area (Å²) in [7, 11) is 4.30. The molecule has 1 aromatic heterocycles. The van der Waals surface area contributed by atoms with Crippen LogP contribution >= 0.6 is 0 Å². The molecule has 0 radical (unpaired) electrons. The van der Waals surface area contributed by atoms with Crippen molar-refractivity contribution in [3.8, 4) is 0 Å². The van der Waals surface area contributed by atoms with Crippen LogP contribution in [0.1, 0.15) is 38.3 Å². The molecule has 0 N–H and O–H groups in total. The van der Waals surface area contributed by atoms with Gasteiger partial charge in [-0.15, -0.1) is 0 Å². The molecule has 0 amide bonds. The molecule has 1 aromatic rings. The molecule has 0 aromatic carbocycles. The Bertz CT molecular complexity index is 323. The average molecular weight is 207 g/mol. The Balaban J connectivity index is 2.03. The lowest BCUT2D eigenvalue weighted by Crippen LogP contribution is -2.41. The Morgan fingerprint density at radius 1 is 1.47 bits per heavy atom. The predicted molar refractivity (Wildman–Crippen MR) is 61.5 cm³/mol. The minimum absolute atomic E-state index is 0.407. The zero-order chi connectivity index (χ0) is 10.9. The van der Waals surface area contributed by atoms with Crippen molar-refractivity contribution < 1.29 is 0 Å². The molecule has 0 aliphatic heterocycles. The average Bonchev–Trinajstić information content (AvgIpc) is 2.78. The third kappa shape index (κ3) is 2.07. The molecule has 0 atom stereocenters. The summed E-state index contributed by atoms with van der Waals surface area (Å²) >= 11 is 0. The second-order valence-electron chi connectivity index (χ2n) is 5.06. The summed E-state index contributed by atoms with van der Waals surface area (Å²) in [6.45, 7) is 3.39. The third-order valence-corrected chi connectivity index (χ3v) is 3.92. The fourth-order valence-corrected chi connectivity index (χ4v) is 2.49. The molecule has 84 valence electrons. The van der Waals surface area contributed by atoms with E-state index in [4.69, 9.17) is 0 Å². The standard InChI is InChI=1S/C12H21N3/c1-12(6-4-5-7-12)15(3)9-11-8-13-10-14(11)2/h8,10H,4-7,9H2,1-3H3. The van der Waals surface area contributed by atoms with Gasteiger partial charge in [0.05, 0.1) is 12.0 Å². The van der Waals surface area contributed by atoms with Crippen LogP contribution in [0.2, 0.25) is 0 Å². The molecule has 1 fully saturated rings. The van der Waals surface area contributed by atoms with Gasteiger partial charge < -0.3 is 4.57 Å². The van der Waals surface area contributed by atoms with Crippen molar-refractivity contribution in [2.75, 3.05) is 7.05 Å². The summed E-state index contributed by atoms with van der Waals surface area (Å²) in [4.78, 5) is 6.64. The van der Waals surface area contributed by atoms with E-state index in [-0.39, 0.29) is 0 Å². The van der Waals surface area contributed by atoms with Crippen LogP contribution in [0.5, 0.6) is 0 Å². The first-order valence-corrected chi connectivity index (χ1v) is 5.78. The fourth-order valence-electron chi connectivity index (χ4n) is 2.49. The van der Waals surface area contributed by atoms with Crippen molar-refractivity contribution >= 4 is 0 Å². The molecule has 0 saturated heterocycles. The zero-order valence-electron chi connectivity index (χ0n) is 10.0. The van der Waals surface area contributed by atoms with Gasteiger partial charge in [-0.3, -0.25) is 4.90 Å². The highest BCUT2D eigenvalue weighted by atomic mass is 15.2. The normalized spacial score (nSPS) is 20.0. The Morgan fingerprint density at radius 3 is 2.67 bits per heavy atom. The van der Waals surface area contributed by atoms with E-state index in [2.05, 4.69) is 35.5 Å². The zero-order valence-corrected chi connectivity index (χ0v) is 10.0. The number of hydrogen-bond donors (Lipinski definition) is 0. The molecule has 3 nitrogen and oxygen atoms in total. The Hall–Kier alpha value is -0.830. The highest BCUT2D eigenvalue weighted by molar-refractivity contribution is 5.00. The number of aryl methyl sites for hydroxylation is 1. The van der Waals surface area contributed by atoms with Gasteiger partial charge in [0.15, 0.2) is 0 Å². The SMILES string of the molecule is CN(Cc1cncn1C)C1(C)CCCC1. The second-order valence-corrected chi connectivity index (χ2v) is 5.06. The van der Waals surface area contributed by atoms with Gasteiger partial charge in [0, 0.05) is 25.3 Å². The second kappa shape index (κ2) is 3.97. The van der Waals surface area contributed by atoms with Crippen LogP contribution in [0.3, 0.4) is 0 Å². The lowest BCUT2D eigenvalue weighted by molar-refractivity contribution is 0.132. The number of nitrogens with zero attached hydrogens (tertiary/aromatic N) is 3. The first-order valence-electron chi connectivity index (χ1n) is 5.78. The van der Waals surface area contributed by atoms with Crippen LogP contribution in [-0.4, -0.2) is 27.0 Å². The maximum atomic E-state index is 4.16. The molecule has 2 rings (SSSR count). The molecule has 0 unspecified atom stereocenters. The molecule has 0 spiro atoms. The van der Waals surface area contributed by atoms with E-state index in [9.17, 15) is 0 Å². The van der Waals surface area contributed by atoms with Crippen LogP contribution in [0, 0.1) is 0 Å². The molecule has 3 heteroatoms. The molecular weight excluding hydrogens is 186 g/mol. The maximum absolute atomic E-state index is 4.16. The van der Waals surface area contributed by atoms with Gasteiger partial charge in [-0.05, 0) is 26.8 Å². The quantitative estimate of drug-likeness (QED) is 0.757. The summed E-state index contributed by atoms with van der Waals surface area (Å²) < 4.78 is 2.11. The van der Waals surface area contributed by atoms with Crippen LogP contribution < -0.4 is 0 Å². The Morgan fingerprint density at radius 2 is 2.13 bits per heavy atom. The smallest absolute Gasteiger partial charge is 0.0945 e. The molecular formula is C12H21N3. The number of aromatic nitrogens is 2. The van der Waals surface area contributed by atoms with Gasteiger partial charge in [-0.1, -0.05) is 12.8 Å². The summed E-state index contributed by atoms with van der Waals surface area (Å²) in [5, 5.41) is 0. The number of imidazole rings is 1. The monoisotopic (exact) mass is 207 g/mol. The first kappa shape index (κ1) is 10.7. The van der Waals surface area contributed by atoms with Gasteiger partial charge in [0.2, 0.25) is 0 Å². The van der Waals surface area contributed by atoms with Crippen LogP contribution in [-0.2, 0) is 13.6 Å². The summed E-state index contributed by atoms with van der Waals surface area (Å²) in [6.07, 6.45) is 9.27. The lowest BCUT2D eigenvalue weighted by atomic mass is 9.98.